The van der Waals surface area contributed by atoms with Gasteiger partial charge in [0.15, 0.2) is 0 Å². The fourth-order valence-electron chi connectivity index (χ4n) is 3.05. The van der Waals surface area contributed by atoms with E-state index in [4.69, 9.17) is 0 Å². The van der Waals surface area contributed by atoms with Crippen LogP contribution in [0.25, 0.3) is 0 Å². The highest BCUT2D eigenvalue weighted by molar-refractivity contribution is 5.12. The molecule has 0 atom stereocenters. The molecule has 0 aromatic rings. The molecular formula is C13H25NO. The van der Waals surface area contributed by atoms with Crippen LogP contribution in [0.3, 0.4) is 0 Å². The highest BCUT2D eigenvalue weighted by Crippen LogP contribution is 2.42. The summed E-state index contributed by atoms with van der Waals surface area (Å²) in [5.41, 5.74) is -0.569. The Labute approximate surface area is 94.0 Å². The van der Waals surface area contributed by atoms with Gasteiger partial charge >= 0.3 is 0 Å². The Kier molecular flexibility index (Phi) is 3.05. The minimum absolute atomic E-state index is 0.0377. The number of rotatable bonds is 1. The van der Waals surface area contributed by atoms with Crippen molar-refractivity contribution in [3.05, 3.63) is 12.2 Å². The predicted octanol–water partition coefficient (Wildman–Crippen LogP) is 2.58. The molecule has 1 N–H and O–H groups in total. The first-order valence-corrected chi connectivity index (χ1v) is 5.73. The first kappa shape index (κ1) is 12.7. The molecule has 0 bridgehead atoms. The zero-order chi connectivity index (χ0) is 11.9. The van der Waals surface area contributed by atoms with E-state index in [0.29, 0.717) is 0 Å². The smallest absolute Gasteiger partial charge is 0.0862 e. The molecule has 88 valence electrons. The fourth-order valence-corrected chi connectivity index (χ4v) is 3.05. The van der Waals surface area contributed by atoms with Crippen LogP contribution in [0.5, 0.6) is 0 Å². The van der Waals surface area contributed by atoms with E-state index < -0.39 is 5.60 Å². The van der Waals surface area contributed by atoms with Gasteiger partial charge in [-0.15, -0.1) is 0 Å². The van der Waals surface area contributed by atoms with Crippen LogP contribution in [-0.4, -0.2) is 33.7 Å². The Hall–Kier alpha value is -0.340. The van der Waals surface area contributed by atoms with Crippen LogP contribution in [-0.2, 0) is 0 Å². The highest BCUT2D eigenvalue weighted by Gasteiger charge is 2.48. The molecule has 1 aliphatic rings. The summed E-state index contributed by atoms with van der Waals surface area (Å²) in [6.07, 6.45) is 5.50. The van der Waals surface area contributed by atoms with Crippen LogP contribution in [0.4, 0.5) is 0 Å². The maximum atomic E-state index is 10.5. The standard InChI is InChI=1S/C13H25NO/c1-7-8-13(15)9-11(2,3)14(6)12(4,5)10-13/h7-8,15H,9-10H2,1-6H3/b8-7-. The second-order valence-electron chi connectivity index (χ2n) is 6.14. The van der Waals surface area contributed by atoms with Gasteiger partial charge in [-0.05, 0) is 54.5 Å². The summed E-state index contributed by atoms with van der Waals surface area (Å²) < 4.78 is 0. The van der Waals surface area contributed by atoms with Crippen molar-refractivity contribution in [2.24, 2.45) is 0 Å². The summed E-state index contributed by atoms with van der Waals surface area (Å²) in [4.78, 5) is 2.37. The number of hydrogen-bond acceptors (Lipinski definition) is 2. The zero-order valence-electron chi connectivity index (χ0n) is 11.0. The number of piperidine rings is 1. The molecule has 1 rings (SSSR count). The van der Waals surface area contributed by atoms with E-state index in [-0.39, 0.29) is 11.1 Å². The SMILES string of the molecule is C/C=C\C1(O)CC(C)(C)N(C)C(C)(C)C1. The van der Waals surface area contributed by atoms with Crippen molar-refractivity contribution < 1.29 is 5.11 Å². The quantitative estimate of drug-likeness (QED) is 0.674. The van der Waals surface area contributed by atoms with Crippen LogP contribution < -0.4 is 0 Å². The lowest BCUT2D eigenvalue weighted by Gasteiger charge is -2.56. The molecule has 0 aromatic heterocycles. The van der Waals surface area contributed by atoms with Gasteiger partial charge in [0.1, 0.15) is 0 Å². The molecule has 0 radical (unpaired) electrons. The van der Waals surface area contributed by atoms with Crippen LogP contribution in [0.2, 0.25) is 0 Å². The van der Waals surface area contributed by atoms with Crippen molar-refractivity contribution in [2.75, 3.05) is 7.05 Å². The van der Waals surface area contributed by atoms with E-state index in [9.17, 15) is 5.11 Å². The Morgan fingerprint density at radius 1 is 1.07 bits per heavy atom. The highest BCUT2D eigenvalue weighted by atomic mass is 16.3. The van der Waals surface area contributed by atoms with E-state index in [1.807, 2.05) is 19.1 Å². The van der Waals surface area contributed by atoms with Crippen molar-refractivity contribution in [1.29, 1.82) is 0 Å². The van der Waals surface area contributed by atoms with Crippen LogP contribution in [0.15, 0.2) is 12.2 Å². The second kappa shape index (κ2) is 3.60. The number of allylic oxidation sites excluding steroid dienone is 1. The monoisotopic (exact) mass is 211 g/mol. The number of hydrogen-bond donors (Lipinski definition) is 1. The van der Waals surface area contributed by atoms with Gasteiger partial charge in [-0.2, -0.15) is 0 Å². The van der Waals surface area contributed by atoms with Crippen molar-refractivity contribution in [1.82, 2.24) is 4.90 Å². The second-order valence-corrected chi connectivity index (χ2v) is 6.14. The summed E-state index contributed by atoms with van der Waals surface area (Å²) in [5, 5.41) is 10.5. The van der Waals surface area contributed by atoms with Gasteiger partial charge in [-0.25, -0.2) is 0 Å². The molecule has 1 saturated heterocycles. The molecule has 0 spiro atoms. The molecule has 0 amide bonds. The Morgan fingerprint density at radius 3 is 1.80 bits per heavy atom. The van der Waals surface area contributed by atoms with Gasteiger partial charge in [-0.1, -0.05) is 12.2 Å². The van der Waals surface area contributed by atoms with E-state index >= 15 is 0 Å². The number of nitrogens with zero attached hydrogens (tertiary/aromatic N) is 1. The van der Waals surface area contributed by atoms with E-state index in [1.165, 1.54) is 0 Å². The molecule has 2 nitrogen and oxygen atoms in total. The van der Waals surface area contributed by atoms with Gasteiger partial charge in [0.25, 0.3) is 0 Å². The molecule has 1 heterocycles. The summed E-state index contributed by atoms with van der Waals surface area (Å²) in [6.45, 7) is 10.8. The number of likely N-dealkylation sites (tertiary alicyclic amines) is 1. The molecule has 0 aliphatic carbocycles. The first-order valence-electron chi connectivity index (χ1n) is 5.73. The van der Waals surface area contributed by atoms with Gasteiger partial charge in [-0.3, -0.25) is 4.90 Å². The first-order chi connectivity index (χ1) is 6.63. The maximum absolute atomic E-state index is 10.5. The van der Waals surface area contributed by atoms with Crippen LogP contribution in [0.1, 0.15) is 47.5 Å². The third kappa shape index (κ3) is 2.43. The lowest BCUT2D eigenvalue weighted by Crippen LogP contribution is -2.63. The van der Waals surface area contributed by atoms with Gasteiger partial charge in [0.2, 0.25) is 0 Å². The lowest BCUT2D eigenvalue weighted by molar-refractivity contribution is -0.0999. The third-order valence-corrected chi connectivity index (χ3v) is 3.77. The van der Waals surface area contributed by atoms with Crippen molar-refractivity contribution >= 4 is 0 Å². The van der Waals surface area contributed by atoms with Gasteiger partial charge < -0.3 is 5.11 Å². The lowest BCUT2D eigenvalue weighted by atomic mass is 9.71. The predicted molar refractivity (Wildman–Crippen MR) is 64.9 cm³/mol. The zero-order valence-corrected chi connectivity index (χ0v) is 11.0. The normalized spacial score (nSPS) is 29.5. The molecule has 1 aliphatic heterocycles. The minimum Gasteiger partial charge on any atom is -0.386 e. The van der Waals surface area contributed by atoms with Crippen molar-refractivity contribution in [2.45, 2.75) is 64.1 Å². The molecule has 0 aromatic carbocycles. The average Bonchev–Trinajstić information content (AvgIpc) is 1.98. The molecule has 0 unspecified atom stereocenters. The van der Waals surface area contributed by atoms with Crippen molar-refractivity contribution in [3.63, 3.8) is 0 Å². The third-order valence-electron chi connectivity index (χ3n) is 3.77. The largest absolute Gasteiger partial charge is 0.386 e. The molecule has 1 fully saturated rings. The molecule has 15 heavy (non-hydrogen) atoms. The maximum Gasteiger partial charge on any atom is 0.0862 e. The molecular weight excluding hydrogens is 186 g/mol. The average molecular weight is 211 g/mol. The Morgan fingerprint density at radius 2 is 1.47 bits per heavy atom. The summed E-state index contributed by atoms with van der Waals surface area (Å²) >= 11 is 0. The number of aliphatic hydroxyl groups is 1. The summed E-state index contributed by atoms with van der Waals surface area (Å²) in [5.74, 6) is 0. The topological polar surface area (TPSA) is 23.5 Å². The fraction of sp³-hybridized carbons (Fsp3) is 0.846. The molecule has 2 heteroatoms. The van der Waals surface area contributed by atoms with Crippen LogP contribution >= 0.6 is 0 Å². The van der Waals surface area contributed by atoms with E-state index in [1.54, 1.807) is 0 Å². The Bertz CT molecular complexity index is 248. The van der Waals surface area contributed by atoms with E-state index in [2.05, 4.69) is 39.6 Å². The van der Waals surface area contributed by atoms with Crippen molar-refractivity contribution in [3.8, 4) is 0 Å². The van der Waals surface area contributed by atoms with Gasteiger partial charge in [0.05, 0.1) is 5.60 Å². The van der Waals surface area contributed by atoms with Crippen LogP contribution in [0, 0.1) is 0 Å². The van der Waals surface area contributed by atoms with E-state index in [0.717, 1.165) is 12.8 Å². The Balaban J connectivity index is 3.03. The van der Waals surface area contributed by atoms with Gasteiger partial charge in [0, 0.05) is 11.1 Å². The summed E-state index contributed by atoms with van der Waals surface area (Å²) in [7, 11) is 2.15. The minimum atomic E-state index is -0.645. The summed E-state index contributed by atoms with van der Waals surface area (Å²) in [6, 6.07) is 0. The molecule has 0 saturated carbocycles.